The first kappa shape index (κ1) is 15.9. The van der Waals surface area contributed by atoms with Gasteiger partial charge in [-0.1, -0.05) is 24.3 Å². The Morgan fingerprint density at radius 1 is 1.23 bits per heavy atom. The number of rotatable bonds is 6. The topological polar surface area (TPSA) is 66.9 Å². The maximum Gasteiger partial charge on any atom is 0.223 e. The van der Waals surface area contributed by atoms with Gasteiger partial charge in [0, 0.05) is 31.3 Å². The molecule has 0 spiro atoms. The summed E-state index contributed by atoms with van der Waals surface area (Å²) in [5.74, 6) is 0.643. The second-order valence-corrected chi connectivity index (χ2v) is 5.30. The average Bonchev–Trinajstić information content (AvgIpc) is 2.48. The molecule has 5 heteroatoms. The molecule has 0 fully saturated rings. The van der Waals surface area contributed by atoms with Crippen LogP contribution in [0.1, 0.15) is 26.3 Å². The van der Waals surface area contributed by atoms with Crippen LogP contribution in [0.4, 0.5) is 5.95 Å². The van der Waals surface area contributed by atoms with Crippen molar-refractivity contribution in [2.45, 2.75) is 33.2 Å². The first-order valence-corrected chi connectivity index (χ1v) is 7.52. The molecule has 1 aromatic heterocycles. The molecule has 1 amide bonds. The number of aromatic nitrogens is 2. The van der Waals surface area contributed by atoms with Gasteiger partial charge in [-0.15, -0.1) is 0 Å². The summed E-state index contributed by atoms with van der Waals surface area (Å²) in [6.45, 7) is 6.35. The molecule has 22 heavy (non-hydrogen) atoms. The number of carbonyl (C=O) groups excluding carboxylic acids is 1. The molecule has 0 aliphatic rings. The molecule has 2 rings (SSSR count). The second kappa shape index (κ2) is 7.54. The molecule has 1 unspecified atom stereocenters. The van der Waals surface area contributed by atoms with E-state index in [1.807, 2.05) is 32.0 Å². The minimum Gasteiger partial charge on any atom is -0.354 e. The predicted molar refractivity (Wildman–Crippen MR) is 88.6 cm³/mol. The third-order valence-electron chi connectivity index (χ3n) is 3.23. The largest absolute Gasteiger partial charge is 0.354 e. The van der Waals surface area contributed by atoms with Gasteiger partial charge >= 0.3 is 0 Å². The Morgan fingerprint density at radius 2 is 1.95 bits per heavy atom. The number of anilines is 1. The van der Waals surface area contributed by atoms with Gasteiger partial charge in [0.15, 0.2) is 0 Å². The number of benzene rings is 1. The van der Waals surface area contributed by atoms with Crippen molar-refractivity contribution in [1.29, 1.82) is 0 Å². The fraction of sp³-hybridized carbons (Fsp3) is 0.353. The molecule has 1 atom stereocenters. The van der Waals surface area contributed by atoms with Crippen LogP contribution in [0.3, 0.4) is 0 Å². The molecular weight excluding hydrogens is 276 g/mol. The van der Waals surface area contributed by atoms with E-state index in [1.165, 1.54) is 12.5 Å². The Bertz CT molecular complexity index is 625. The summed E-state index contributed by atoms with van der Waals surface area (Å²) in [5.41, 5.74) is 3.14. The van der Waals surface area contributed by atoms with Gasteiger partial charge in [-0.3, -0.25) is 4.79 Å². The Hall–Kier alpha value is -2.43. The number of nitrogens with zero attached hydrogens (tertiary/aromatic N) is 2. The van der Waals surface area contributed by atoms with E-state index in [1.54, 1.807) is 6.20 Å². The highest BCUT2D eigenvalue weighted by molar-refractivity contribution is 5.73. The van der Waals surface area contributed by atoms with E-state index in [-0.39, 0.29) is 11.9 Å². The first-order valence-electron chi connectivity index (χ1n) is 7.52. The maximum atomic E-state index is 11.0. The van der Waals surface area contributed by atoms with Gasteiger partial charge in [0.05, 0.1) is 5.69 Å². The zero-order chi connectivity index (χ0) is 15.9. The smallest absolute Gasteiger partial charge is 0.223 e. The highest BCUT2D eigenvalue weighted by Gasteiger charge is 2.06. The second-order valence-electron chi connectivity index (χ2n) is 5.30. The van der Waals surface area contributed by atoms with E-state index in [0.29, 0.717) is 5.95 Å². The van der Waals surface area contributed by atoms with Crippen LogP contribution in [0.2, 0.25) is 0 Å². The number of carbonyl (C=O) groups is 1. The molecule has 1 heterocycles. The lowest BCUT2D eigenvalue weighted by Crippen LogP contribution is -2.31. The zero-order valence-electron chi connectivity index (χ0n) is 13.3. The lowest BCUT2D eigenvalue weighted by atomic mass is 10.0. The lowest BCUT2D eigenvalue weighted by Gasteiger charge is -2.12. The maximum absolute atomic E-state index is 11.0. The first-order chi connectivity index (χ1) is 10.6. The Morgan fingerprint density at radius 3 is 2.59 bits per heavy atom. The van der Waals surface area contributed by atoms with Crippen molar-refractivity contribution in [2.75, 3.05) is 11.9 Å². The zero-order valence-corrected chi connectivity index (χ0v) is 13.3. The standard InChI is InChI=1S/C17H22N4O/c1-4-18-17-19-10-9-16(21-17)15-7-5-14(6-8-15)11-12(2)20-13(3)22/h5-10,12H,4,11H2,1-3H3,(H,20,22)(H,18,19,21). The van der Waals surface area contributed by atoms with Gasteiger partial charge in [-0.05, 0) is 31.9 Å². The van der Waals surface area contributed by atoms with Crippen LogP contribution in [0, 0.1) is 0 Å². The normalized spacial score (nSPS) is 11.8. The molecule has 5 nitrogen and oxygen atoms in total. The summed E-state index contributed by atoms with van der Waals surface area (Å²) < 4.78 is 0. The Labute approximate surface area is 131 Å². The van der Waals surface area contributed by atoms with Gasteiger partial charge in [-0.2, -0.15) is 0 Å². The van der Waals surface area contributed by atoms with Crippen LogP contribution in [-0.2, 0) is 11.2 Å². The summed E-state index contributed by atoms with van der Waals surface area (Å²) in [4.78, 5) is 19.7. The number of amides is 1. The minimum atomic E-state index is 0.000981. The third-order valence-corrected chi connectivity index (χ3v) is 3.23. The molecule has 0 saturated carbocycles. The van der Waals surface area contributed by atoms with Gasteiger partial charge in [-0.25, -0.2) is 9.97 Å². The fourth-order valence-corrected chi connectivity index (χ4v) is 2.33. The molecule has 0 aliphatic heterocycles. The predicted octanol–water partition coefficient (Wildman–Crippen LogP) is 2.64. The molecule has 2 N–H and O–H groups in total. The van der Waals surface area contributed by atoms with Crippen molar-refractivity contribution < 1.29 is 4.79 Å². The molecule has 0 radical (unpaired) electrons. The van der Waals surface area contributed by atoms with Crippen LogP contribution in [0.5, 0.6) is 0 Å². The SMILES string of the molecule is CCNc1nccc(-c2ccc(CC(C)NC(C)=O)cc2)n1. The molecule has 0 saturated heterocycles. The molecule has 0 aliphatic carbocycles. The van der Waals surface area contributed by atoms with E-state index in [0.717, 1.165) is 24.2 Å². The summed E-state index contributed by atoms with van der Waals surface area (Å²) in [6, 6.07) is 10.3. The fourth-order valence-electron chi connectivity index (χ4n) is 2.33. The van der Waals surface area contributed by atoms with Crippen molar-refractivity contribution in [3.8, 4) is 11.3 Å². The minimum absolute atomic E-state index is 0.000981. The average molecular weight is 298 g/mol. The van der Waals surface area contributed by atoms with E-state index in [4.69, 9.17) is 0 Å². The van der Waals surface area contributed by atoms with Crippen LogP contribution >= 0.6 is 0 Å². The lowest BCUT2D eigenvalue weighted by molar-refractivity contribution is -0.119. The molecule has 2 aromatic rings. The Kier molecular flexibility index (Phi) is 5.47. The van der Waals surface area contributed by atoms with Gasteiger partial charge in [0.25, 0.3) is 0 Å². The van der Waals surface area contributed by atoms with Crippen LogP contribution < -0.4 is 10.6 Å². The van der Waals surface area contributed by atoms with E-state index in [9.17, 15) is 4.79 Å². The number of hydrogen-bond donors (Lipinski definition) is 2. The van der Waals surface area contributed by atoms with E-state index < -0.39 is 0 Å². The monoisotopic (exact) mass is 298 g/mol. The van der Waals surface area contributed by atoms with Crippen molar-refractivity contribution in [1.82, 2.24) is 15.3 Å². The van der Waals surface area contributed by atoms with Crippen LogP contribution in [-0.4, -0.2) is 28.5 Å². The molecular formula is C17H22N4O. The number of hydrogen-bond acceptors (Lipinski definition) is 4. The van der Waals surface area contributed by atoms with Crippen molar-refractivity contribution >= 4 is 11.9 Å². The highest BCUT2D eigenvalue weighted by Crippen LogP contribution is 2.18. The van der Waals surface area contributed by atoms with E-state index in [2.05, 4.69) is 32.7 Å². The van der Waals surface area contributed by atoms with Crippen molar-refractivity contribution in [2.24, 2.45) is 0 Å². The molecule has 1 aromatic carbocycles. The number of nitrogens with one attached hydrogen (secondary N) is 2. The molecule has 116 valence electrons. The van der Waals surface area contributed by atoms with Gasteiger partial charge < -0.3 is 10.6 Å². The summed E-state index contributed by atoms with van der Waals surface area (Å²) >= 11 is 0. The summed E-state index contributed by atoms with van der Waals surface area (Å²) in [5, 5.41) is 6.00. The van der Waals surface area contributed by atoms with Crippen LogP contribution in [0.25, 0.3) is 11.3 Å². The Balaban J connectivity index is 2.08. The van der Waals surface area contributed by atoms with Gasteiger partial charge in [0.1, 0.15) is 0 Å². The van der Waals surface area contributed by atoms with Crippen LogP contribution in [0.15, 0.2) is 36.5 Å². The summed E-state index contributed by atoms with van der Waals surface area (Å²) in [7, 11) is 0. The van der Waals surface area contributed by atoms with Crippen molar-refractivity contribution in [3.63, 3.8) is 0 Å². The quantitative estimate of drug-likeness (QED) is 0.860. The highest BCUT2D eigenvalue weighted by atomic mass is 16.1. The van der Waals surface area contributed by atoms with Gasteiger partial charge in [0.2, 0.25) is 11.9 Å². The van der Waals surface area contributed by atoms with Crippen molar-refractivity contribution in [3.05, 3.63) is 42.1 Å². The third kappa shape index (κ3) is 4.55. The molecule has 0 bridgehead atoms. The summed E-state index contributed by atoms with van der Waals surface area (Å²) in [6.07, 6.45) is 2.57. The van der Waals surface area contributed by atoms with E-state index >= 15 is 0 Å².